The fourth-order valence-corrected chi connectivity index (χ4v) is 2.11. The van der Waals surface area contributed by atoms with Crippen molar-refractivity contribution in [2.24, 2.45) is 10.8 Å². The molecule has 1 aliphatic carbocycles. The number of carbonyl (C=O) groups excluding carboxylic acids is 1. The van der Waals surface area contributed by atoms with E-state index in [9.17, 15) is 4.79 Å². The Labute approximate surface area is 129 Å². The van der Waals surface area contributed by atoms with Gasteiger partial charge in [-0.05, 0) is 38.5 Å². The molecule has 124 valence electrons. The molecule has 0 spiro atoms. The molecule has 21 heavy (non-hydrogen) atoms. The normalized spacial score (nSPS) is 23.3. The van der Waals surface area contributed by atoms with Crippen molar-refractivity contribution in [3.63, 3.8) is 0 Å². The molecule has 1 rings (SSSR count). The summed E-state index contributed by atoms with van der Waals surface area (Å²) >= 11 is 0. The van der Waals surface area contributed by atoms with Crippen molar-refractivity contribution in [2.45, 2.75) is 79.4 Å². The SMILES string of the molecule is CCC(C)(C)C(=O)OC1CCC(OCOCC(C)(C)C)C1. The summed E-state index contributed by atoms with van der Waals surface area (Å²) in [5.74, 6) is -0.0976. The van der Waals surface area contributed by atoms with Crippen LogP contribution in [0.1, 0.15) is 67.2 Å². The maximum atomic E-state index is 12.0. The first kappa shape index (κ1) is 18.4. The fraction of sp³-hybridized carbons (Fsp3) is 0.941. The van der Waals surface area contributed by atoms with Crippen molar-refractivity contribution in [1.29, 1.82) is 0 Å². The molecular weight excluding hydrogens is 268 g/mol. The van der Waals surface area contributed by atoms with Crippen LogP contribution in [0.15, 0.2) is 0 Å². The highest BCUT2D eigenvalue weighted by Gasteiger charge is 2.33. The van der Waals surface area contributed by atoms with E-state index in [2.05, 4.69) is 20.8 Å². The Morgan fingerprint density at radius 3 is 2.29 bits per heavy atom. The Morgan fingerprint density at radius 2 is 1.71 bits per heavy atom. The Bertz CT molecular complexity index is 330. The summed E-state index contributed by atoms with van der Waals surface area (Å²) < 4.78 is 16.8. The molecule has 2 unspecified atom stereocenters. The monoisotopic (exact) mass is 300 g/mol. The van der Waals surface area contributed by atoms with Gasteiger partial charge in [0, 0.05) is 6.42 Å². The van der Waals surface area contributed by atoms with Crippen molar-refractivity contribution >= 4 is 5.97 Å². The summed E-state index contributed by atoms with van der Waals surface area (Å²) in [7, 11) is 0. The van der Waals surface area contributed by atoms with Crippen molar-refractivity contribution in [3.8, 4) is 0 Å². The fourth-order valence-electron chi connectivity index (χ4n) is 2.11. The third-order valence-corrected chi connectivity index (χ3v) is 3.97. The molecule has 0 bridgehead atoms. The van der Waals surface area contributed by atoms with Crippen molar-refractivity contribution in [2.75, 3.05) is 13.4 Å². The second-order valence-corrected chi connectivity index (χ2v) is 7.89. The molecule has 0 aromatic rings. The van der Waals surface area contributed by atoms with Gasteiger partial charge in [-0.1, -0.05) is 27.7 Å². The first-order valence-corrected chi connectivity index (χ1v) is 8.04. The lowest BCUT2D eigenvalue weighted by Gasteiger charge is -2.23. The zero-order chi connectivity index (χ0) is 16.1. The minimum absolute atomic E-state index is 0.00376. The van der Waals surface area contributed by atoms with Gasteiger partial charge in [-0.3, -0.25) is 4.79 Å². The van der Waals surface area contributed by atoms with Crippen LogP contribution in [0.2, 0.25) is 0 Å². The molecule has 0 aromatic heterocycles. The standard InChI is InChI=1S/C17H32O4/c1-7-17(5,6)15(18)21-14-9-8-13(10-14)20-12-19-11-16(2,3)4/h13-14H,7-12H2,1-6H3. The van der Waals surface area contributed by atoms with E-state index in [0.717, 1.165) is 25.7 Å². The van der Waals surface area contributed by atoms with Gasteiger partial charge in [0.2, 0.25) is 0 Å². The summed E-state index contributed by atoms with van der Waals surface area (Å²) in [6.07, 6.45) is 3.53. The van der Waals surface area contributed by atoms with E-state index < -0.39 is 5.41 Å². The van der Waals surface area contributed by atoms with Crippen LogP contribution >= 0.6 is 0 Å². The average Bonchev–Trinajstić information content (AvgIpc) is 2.81. The van der Waals surface area contributed by atoms with E-state index >= 15 is 0 Å². The third kappa shape index (κ3) is 6.79. The quantitative estimate of drug-likeness (QED) is 0.406. The van der Waals surface area contributed by atoms with Crippen LogP contribution in [0.3, 0.4) is 0 Å². The number of hydrogen-bond donors (Lipinski definition) is 0. The predicted molar refractivity (Wildman–Crippen MR) is 83.0 cm³/mol. The number of esters is 1. The third-order valence-electron chi connectivity index (χ3n) is 3.97. The molecule has 4 nitrogen and oxygen atoms in total. The molecule has 1 saturated carbocycles. The molecule has 0 N–H and O–H groups in total. The molecule has 1 fully saturated rings. The molecule has 0 radical (unpaired) electrons. The summed E-state index contributed by atoms with van der Waals surface area (Å²) in [4.78, 5) is 12.0. The van der Waals surface area contributed by atoms with Crippen LogP contribution in [0.5, 0.6) is 0 Å². The molecule has 0 saturated heterocycles. The van der Waals surface area contributed by atoms with Crippen LogP contribution in [-0.4, -0.2) is 31.6 Å². The van der Waals surface area contributed by atoms with Gasteiger partial charge in [0.05, 0.1) is 18.1 Å². The first-order valence-electron chi connectivity index (χ1n) is 8.04. The van der Waals surface area contributed by atoms with Crippen molar-refractivity contribution in [3.05, 3.63) is 0 Å². The second-order valence-electron chi connectivity index (χ2n) is 7.89. The van der Waals surface area contributed by atoms with Gasteiger partial charge >= 0.3 is 5.97 Å². The lowest BCUT2D eigenvalue weighted by molar-refractivity contribution is -0.160. The van der Waals surface area contributed by atoms with Crippen LogP contribution in [0.4, 0.5) is 0 Å². The van der Waals surface area contributed by atoms with Crippen LogP contribution in [0.25, 0.3) is 0 Å². The highest BCUT2D eigenvalue weighted by molar-refractivity contribution is 5.76. The van der Waals surface area contributed by atoms with Gasteiger partial charge in [0.25, 0.3) is 0 Å². The number of hydrogen-bond acceptors (Lipinski definition) is 4. The zero-order valence-corrected chi connectivity index (χ0v) is 14.5. The minimum atomic E-state index is -0.394. The van der Waals surface area contributed by atoms with E-state index in [1.807, 2.05) is 20.8 Å². The first-order chi connectivity index (χ1) is 9.64. The molecule has 0 amide bonds. The molecule has 1 aliphatic rings. The van der Waals surface area contributed by atoms with Gasteiger partial charge in [-0.15, -0.1) is 0 Å². The van der Waals surface area contributed by atoms with Gasteiger partial charge < -0.3 is 14.2 Å². The van der Waals surface area contributed by atoms with E-state index in [4.69, 9.17) is 14.2 Å². The van der Waals surface area contributed by atoms with Crippen molar-refractivity contribution < 1.29 is 19.0 Å². The maximum absolute atomic E-state index is 12.0. The lowest BCUT2D eigenvalue weighted by Crippen LogP contribution is -2.29. The summed E-state index contributed by atoms with van der Waals surface area (Å²) in [6.45, 7) is 13.3. The van der Waals surface area contributed by atoms with Crippen LogP contribution < -0.4 is 0 Å². The molecule has 0 aromatic carbocycles. The lowest BCUT2D eigenvalue weighted by atomic mass is 9.90. The highest BCUT2D eigenvalue weighted by Crippen LogP contribution is 2.29. The molecule has 4 heteroatoms. The zero-order valence-electron chi connectivity index (χ0n) is 14.5. The number of ether oxygens (including phenoxy) is 3. The van der Waals surface area contributed by atoms with E-state index in [1.54, 1.807) is 0 Å². The van der Waals surface area contributed by atoms with Crippen molar-refractivity contribution in [1.82, 2.24) is 0 Å². The van der Waals surface area contributed by atoms with Crippen LogP contribution in [0, 0.1) is 10.8 Å². The molecular formula is C17H32O4. The highest BCUT2D eigenvalue weighted by atomic mass is 16.7. The molecule has 0 heterocycles. The van der Waals surface area contributed by atoms with Gasteiger partial charge in [0.15, 0.2) is 0 Å². The molecule has 0 aliphatic heterocycles. The van der Waals surface area contributed by atoms with E-state index in [-0.39, 0.29) is 23.6 Å². The predicted octanol–water partition coefficient (Wildman–Crippen LogP) is 3.92. The smallest absolute Gasteiger partial charge is 0.311 e. The number of rotatable bonds is 7. The van der Waals surface area contributed by atoms with Gasteiger partial charge in [-0.25, -0.2) is 0 Å². The minimum Gasteiger partial charge on any atom is -0.462 e. The van der Waals surface area contributed by atoms with E-state index in [1.165, 1.54) is 0 Å². The van der Waals surface area contributed by atoms with Gasteiger partial charge in [0.1, 0.15) is 12.9 Å². The Hall–Kier alpha value is -0.610. The second kappa shape index (κ2) is 7.59. The largest absolute Gasteiger partial charge is 0.462 e. The molecule has 2 atom stereocenters. The average molecular weight is 300 g/mol. The number of carbonyl (C=O) groups is 1. The summed E-state index contributed by atoms with van der Waals surface area (Å²) in [6, 6.07) is 0. The summed E-state index contributed by atoms with van der Waals surface area (Å²) in [5.41, 5.74) is -0.238. The Kier molecular flexibility index (Phi) is 6.67. The van der Waals surface area contributed by atoms with E-state index in [0.29, 0.717) is 13.4 Å². The Morgan fingerprint density at radius 1 is 1.10 bits per heavy atom. The topological polar surface area (TPSA) is 44.8 Å². The maximum Gasteiger partial charge on any atom is 0.311 e. The summed E-state index contributed by atoms with van der Waals surface area (Å²) in [5, 5.41) is 0. The Balaban J connectivity index is 2.22. The van der Waals surface area contributed by atoms with Crippen LogP contribution in [-0.2, 0) is 19.0 Å². The van der Waals surface area contributed by atoms with Gasteiger partial charge in [-0.2, -0.15) is 0 Å².